The molecule has 1 aliphatic carbocycles. The van der Waals surface area contributed by atoms with Crippen LogP contribution in [0, 0.1) is 5.92 Å². The minimum absolute atomic E-state index is 0.0783. The number of hydrogen-bond acceptors (Lipinski definition) is 3. The second-order valence-electron chi connectivity index (χ2n) is 4.54. The smallest absolute Gasteiger partial charge is 0.233 e. The number of rotatable bonds is 7. The number of carbonyl (C=O) groups is 1. The first kappa shape index (κ1) is 12.0. The Morgan fingerprint density at radius 1 is 1.47 bits per heavy atom. The Morgan fingerprint density at radius 2 is 2.35 bits per heavy atom. The largest absolute Gasteiger partial charge is 0.355 e. The van der Waals surface area contributed by atoms with Crippen molar-refractivity contribution in [1.82, 2.24) is 15.6 Å². The summed E-state index contributed by atoms with van der Waals surface area (Å²) in [5.41, 5.74) is 1.15. The van der Waals surface area contributed by atoms with E-state index < -0.39 is 0 Å². The lowest BCUT2D eigenvalue weighted by Gasteiger charge is -2.06. The lowest BCUT2D eigenvalue weighted by molar-refractivity contribution is -0.120. The van der Waals surface area contributed by atoms with E-state index >= 15 is 0 Å². The third-order valence-corrected chi connectivity index (χ3v) is 2.87. The SMILES string of the molecule is O=C(CNCC1CC1)NCCc1cccnc1. The monoisotopic (exact) mass is 233 g/mol. The maximum atomic E-state index is 11.4. The van der Waals surface area contributed by atoms with E-state index in [9.17, 15) is 4.79 Å². The second-order valence-corrected chi connectivity index (χ2v) is 4.54. The molecule has 1 aromatic heterocycles. The lowest BCUT2D eigenvalue weighted by Crippen LogP contribution is -2.35. The highest BCUT2D eigenvalue weighted by Gasteiger charge is 2.20. The van der Waals surface area contributed by atoms with E-state index in [0.29, 0.717) is 13.1 Å². The van der Waals surface area contributed by atoms with Gasteiger partial charge in [0.25, 0.3) is 0 Å². The van der Waals surface area contributed by atoms with Gasteiger partial charge in [-0.3, -0.25) is 9.78 Å². The summed E-state index contributed by atoms with van der Waals surface area (Å²) in [5.74, 6) is 0.896. The highest BCUT2D eigenvalue weighted by atomic mass is 16.1. The molecular formula is C13H19N3O. The van der Waals surface area contributed by atoms with Crippen LogP contribution < -0.4 is 10.6 Å². The summed E-state index contributed by atoms with van der Waals surface area (Å²) in [7, 11) is 0. The van der Waals surface area contributed by atoms with Crippen molar-refractivity contribution >= 4 is 5.91 Å². The predicted molar refractivity (Wildman–Crippen MR) is 66.5 cm³/mol. The molecule has 1 amide bonds. The van der Waals surface area contributed by atoms with Gasteiger partial charge in [0, 0.05) is 18.9 Å². The van der Waals surface area contributed by atoms with Gasteiger partial charge in [0.2, 0.25) is 5.91 Å². The number of nitrogens with one attached hydrogen (secondary N) is 2. The van der Waals surface area contributed by atoms with Gasteiger partial charge in [-0.25, -0.2) is 0 Å². The lowest BCUT2D eigenvalue weighted by atomic mass is 10.2. The Hall–Kier alpha value is -1.42. The van der Waals surface area contributed by atoms with Crippen molar-refractivity contribution < 1.29 is 4.79 Å². The van der Waals surface area contributed by atoms with Crippen LogP contribution in [0.3, 0.4) is 0 Å². The maximum Gasteiger partial charge on any atom is 0.233 e. The average Bonchev–Trinajstić information content (AvgIpc) is 3.14. The first-order valence-electron chi connectivity index (χ1n) is 6.21. The van der Waals surface area contributed by atoms with E-state index in [-0.39, 0.29) is 5.91 Å². The molecule has 1 heterocycles. The topological polar surface area (TPSA) is 54.0 Å². The molecule has 1 fully saturated rings. The number of amides is 1. The van der Waals surface area contributed by atoms with E-state index in [0.717, 1.165) is 24.4 Å². The Morgan fingerprint density at radius 3 is 3.06 bits per heavy atom. The maximum absolute atomic E-state index is 11.4. The van der Waals surface area contributed by atoms with Crippen LogP contribution in [-0.4, -0.2) is 30.5 Å². The van der Waals surface area contributed by atoms with Gasteiger partial charge in [0.1, 0.15) is 0 Å². The van der Waals surface area contributed by atoms with E-state index in [4.69, 9.17) is 0 Å². The molecule has 0 aromatic carbocycles. The van der Waals surface area contributed by atoms with Gasteiger partial charge in [-0.15, -0.1) is 0 Å². The zero-order valence-electron chi connectivity index (χ0n) is 9.98. The zero-order valence-corrected chi connectivity index (χ0v) is 9.98. The summed E-state index contributed by atoms with van der Waals surface area (Å²) >= 11 is 0. The summed E-state index contributed by atoms with van der Waals surface area (Å²) in [6.45, 7) is 2.09. The predicted octanol–water partition coefficient (Wildman–Crippen LogP) is 0.740. The Labute approximate surface area is 102 Å². The Kier molecular flexibility index (Phi) is 4.50. The van der Waals surface area contributed by atoms with Gasteiger partial charge in [-0.1, -0.05) is 6.07 Å². The van der Waals surface area contributed by atoms with Gasteiger partial charge in [-0.05, 0) is 43.4 Å². The molecule has 0 saturated heterocycles. The number of hydrogen-bond donors (Lipinski definition) is 2. The summed E-state index contributed by atoms with van der Waals surface area (Å²) in [4.78, 5) is 15.5. The zero-order chi connectivity index (χ0) is 11.9. The highest BCUT2D eigenvalue weighted by Crippen LogP contribution is 2.27. The highest BCUT2D eigenvalue weighted by molar-refractivity contribution is 5.77. The molecule has 0 spiro atoms. The summed E-state index contributed by atoms with van der Waals surface area (Å²) in [6.07, 6.45) is 7.05. The molecule has 0 atom stereocenters. The van der Waals surface area contributed by atoms with Crippen LogP contribution >= 0.6 is 0 Å². The van der Waals surface area contributed by atoms with Gasteiger partial charge in [0.05, 0.1) is 6.54 Å². The van der Waals surface area contributed by atoms with Gasteiger partial charge < -0.3 is 10.6 Å². The van der Waals surface area contributed by atoms with Crippen LogP contribution in [0.4, 0.5) is 0 Å². The third-order valence-electron chi connectivity index (χ3n) is 2.87. The number of pyridine rings is 1. The molecule has 1 saturated carbocycles. The van der Waals surface area contributed by atoms with E-state index in [1.807, 2.05) is 18.3 Å². The van der Waals surface area contributed by atoms with Crippen LogP contribution in [0.2, 0.25) is 0 Å². The molecule has 17 heavy (non-hydrogen) atoms. The molecule has 0 radical (unpaired) electrons. The second kappa shape index (κ2) is 6.35. The van der Waals surface area contributed by atoms with Gasteiger partial charge >= 0.3 is 0 Å². The van der Waals surface area contributed by atoms with Crippen LogP contribution in [0.15, 0.2) is 24.5 Å². The number of nitrogens with zero attached hydrogens (tertiary/aromatic N) is 1. The van der Waals surface area contributed by atoms with Crippen molar-refractivity contribution in [2.75, 3.05) is 19.6 Å². The molecule has 0 bridgehead atoms. The quantitative estimate of drug-likeness (QED) is 0.730. The normalized spacial score (nSPS) is 14.6. The minimum Gasteiger partial charge on any atom is -0.355 e. The van der Waals surface area contributed by atoms with Crippen molar-refractivity contribution in [2.24, 2.45) is 5.92 Å². The van der Waals surface area contributed by atoms with E-state index in [1.165, 1.54) is 12.8 Å². The van der Waals surface area contributed by atoms with Gasteiger partial charge in [0.15, 0.2) is 0 Å². The first-order valence-corrected chi connectivity index (χ1v) is 6.21. The van der Waals surface area contributed by atoms with Crippen molar-refractivity contribution in [3.8, 4) is 0 Å². The van der Waals surface area contributed by atoms with Crippen LogP contribution in [0.1, 0.15) is 18.4 Å². The first-order chi connectivity index (χ1) is 8.34. The molecule has 1 aliphatic rings. The van der Waals surface area contributed by atoms with Crippen molar-refractivity contribution in [2.45, 2.75) is 19.3 Å². The Bertz CT molecular complexity index is 349. The molecule has 4 nitrogen and oxygen atoms in total. The fourth-order valence-corrected chi connectivity index (χ4v) is 1.67. The molecular weight excluding hydrogens is 214 g/mol. The average molecular weight is 233 g/mol. The number of aromatic nitrogens is 1. The molecule has 2 rings (SSSR count). The Balaban J connectivity index is 1.53. The summed E-state index contributed by atoms with van der Waals surface area (Å²) in [6, 6.07) is 3.93. The van der Waals surface area contributed by atoms with Gasteiger partial charge in [-0.2, -0.15) is 0 Å². The van der Waals surface area contributed by atoms with Crippen molar-refractivity contribution in [1.29, 1.82) is 0 Å². The summed E-state index contributed by atoms with van der Waals surface area (Å²) in [5, 5.41) is 6.07. The molecule has 1 aromatic rings. The molecule has 2 N–H and O–H groups in total. The van der Waals surface area contributed by atoms with E-state index in [1.54, 1.807) is 6.20 Å². The fourth-order valence-electron chi connectivity index (χ4n) is 1.67. The van der Waals surface area contributed by atoms with Crippen LogP contribution in [0.25, 0.3) is 0 Å². The number of carbonyl (C=O) groups excluding carboxylic acids is 1. The van der Waals surface area contributed by atoms with Crippen LogP contribution in [0.5, 0.6) is 0 Å². The standard InChI is InChI=1S/C13H19N3O/c17-13(10-15-9-12-3-4-12)16-7-5-11-2-1-6-14-8-11/h1-2,6,8,12,15H,3-5,7,9-10H2,(H,16,17). The molecule has 0 unspecified atom stereocenters. The minimum atomic E-state index is 0.0783. The van der Waals surface area contributed by atoms with Crippen molar-refractivity contribution in [3.63, 3.8) is 0 Å². The molecule has 92 valence electrons. The summed E-state index contributed by atoms with van der Waals surface area (Å²) < 4.78 is 0. The van der Waals surface area contributed by atoms with Crippen molar-refractivity contribution in [3.05, 3.63) is 30.1 Å². The fraction of sp³-hybridized carbons (Fsp3) is 0.538. The molecule has 4 heteroatoms. The third kappa shape index (κ3) is 4.95. The van der Waals surface area contributed by atoms with Crippen LogP contribution in [-0.2, 0) is 11.2 Å². The molecule has 0 aliphatic heterocycles. The van der Waals surface area contributed by atoms with E-state index in [2.05, 4.69) is 15.6 Å².